The third-order valence-corrected chi connectivity index (χ3v) is 8.69. The number of aliphatic carboxylic acids is 1. The maximum absolute atomic E-state index is 13.0. The summed E-state index contributed by atoms with van der Waals surface area (Å²) in [5.41, 5.74) is 0.308. The molecule has 0 bridgehead atoms. The van der Waals surface area contributed by atoms with Crippen LogP contribution in [0.1, 0.15) is 35.8 Å². The summed E-state index contributed by atoms with van der Waals surface area (Å²) in [6, 6.07) is 7.42. The standard InChI is InChI=1S/C24H24ClN3O8S2/c1-13(12-34-2)35-16-7-14(23(31)28-24-27-19(10-21(29)30)22(25)37-24)8-17(9-16)36-15-3-6-20(26-11-15)38(32,33)18-4-5-18/h3,6-9,11,13,18H,4-5,10,12H2,1-2H3,(H,29,30)(H,27,28,31)/t13-/m0/s1. The largest absolute Gasteiger partial charge is 0.488 e. The molecule has 2 aromatic heterocycles. The number of hydrogen-bond acceptors (Lipinski definition) is 10. The van der Waals surface area contributed by atoms with E-state index in [4.69, 9.17) is 30.9 Å². The molecule has 1 aliphatic carbocycles. The molecule has 202 valence electrons. The topological polar surface area (TPSA) is 154 Å². The first kappa shape index (κ1) is 27.8. The van der Waals surface area contributed by atoms with E-state index in [0.717, 1.165) is 11.3 Å². The van der Waals surface area contributed by atoms with Crippen molar-refractivity contribution in [3.63, 3.8) is 0 Å². The molecule has 14 heteroatoms. The van der Waals surface area contributed by atoms with Gasteiger partial charge in [0.05, 0.1) is 30.2 Å². The molecule has 0 radical (unpaired) electrons. The first-order valence-electron chi connectivity index (χ1n) is 11.4. The molecule has 0 unspecified atom stereocenters. The third-order valence-electron chi connectivity index (χ3n) is 5.27. The predicted molar refractivity (Wildman–Crippen MR) is 139 cm³/mol. The molecule has 4 rings (SSSR count). The minimum atomic E-state index is -3.44. The van der Waals surface area contributed by atoms with Gasteiger partial charge in [-0.15, -0.1) is 0 Å². The lowest BCUT2D eigenvalue weighted by atomic mass is 10.2. The summed E-state index contributed by atoms with van der Waals surface area (Å²) in [6.45, 7) is 2.10. The smallest absolute Gasteiger partial charge is 0.309 e. The van der Waals surface area contributed by atoms with Gasteiger partial charge >= 0.3 is 5.97 Å². The van der Waals surface area contributed by atoms with E-state index in [1.54, 1.807) is 13.0 Å². The molecule has 2 N–H and O–H groups in total. The van der Waals surface area contributed by atoms with E-state index in [1.165, 1.54) is 37.6 Å². The summed E-state index contributed by atoms with van der Waals surface area (Å²) in [5.74, 6) is -0.837. The Morgan fingerprint density at radius 3 is 2.58 bits per heavy atom. The van der Waals surface area contributed by atoms with Gasteiger partial charge in [0.15, 0.2) is 20.0 Å². The molecule has 1 fully saturated rings. The van der Waals surface area contributed by atoms with E-state index in [2.05, 4.69) is 15.3 Å². The molecule has 0 aliphatic heterocycles. The van der Waals surface area contributed by atoms with Gasteiger partial charge in [0.25, 0.3) is 5.91 Å². The number of aromatic nitrogens is 2. The van der Waals surface area contributed by atoms with E-state index >= 15 is 0 Å². The molecule has 3 aromatic rings. The van der Waals surface area contributed by atoms with Gasteiger partial charge in [-0.2, -0.15) is 0 Å². The molecular formula is C24H24ClN3O8S2. The van der Waals surface area contributed by atoms with Crippen LogP contribution in [0.3, 0.4) is 0 Å². The van der Waals surface area contributed by atoms with Gasteiger partial charge in [-0.05, 0) is 44.0 Å². The predicted octanol–water partition coefficient (Wildman–Crippen LogP) is 4.21. The van der Waals surface area contributed by atoms with Crippen LogP contribution in [-0.2, 0) is 25.8 Å². The Morgan fingerprint density at radius 2 is 1.95 bits per heavy atom. The van der Waals surface area contributed by atoms with Crippen LogP contribution in [0, 0.1) is 0 Å². The van der Waals surface area contributed by atoms with E-state index in [-0.39, 0.29) is 55.0 Å². The molecule has 2 heterocycles. The monoisotopic (exact) mass is 581 g/mol. The number of nitrogens with zero attached hydrogens (tertiary/aromatic N) is 2. The second-order valence-corrected chi connectivity index (χ2v) is 12.3. The molecule has 1 atom stereocenters. The normalized spacial score (nSPS) is 14.1. The van der Waals surface area contributed by atoms with Crippen molar-refractivity contribution in [2.75, 3.05) is 19.0 Å². The fourth-order valence-electron chi connectivity index (χ4n) is 3.42. The van der Waals surface area contributed by atoms with Gasteiger partial charge in [0.1, 0.15) is 27.7 Å². The van der Waals surface area contributed by atoms with Crippen molar-refractivity contribution >= 4 is 49.8 Å². The van der Waals surface area contributed by atoms with Crippen LogP contribution in [0.2, 0.25) is 4.34 Å². The number of pyridine rings is 1. The molecule has 38 heavy (non-hydrogen) atoms. The minimum absolute atomic E-state index is 0.0118. The zero-order valence-electron chi connectivity index (χ0n) is 20.3. The zero-order chi connectivity index (χ0) is 27.4. The van der Waals surface area contributed by atoms with Gasteiger partial charge in [0.2, 0.25) is 0 Å². The molecule has 1 aliphatic rings. The fraction of sp³-hybridized carbons (Fsp3) is 0.333. The van der Waals surface area contributed by atoms with Crippen molar-refractivity contribution in [2.45, 2.75) is 42.6 Å². The second-order valence-electron chi connectivity index (χ2n) is 8.52. The SMILES string of the molecule is COC[C@H](C)Oc1cc(Oc2ccc(S(=O)(=O)C3CC3)nc2)cc(C(=O)Nc2nc(CC(=O)O)c(Cl)s2)c1. The number of nitrogens with one attached hydrogen (secondary N) is 1. The number of methoxy groups -OCH3 is 1. The second kappa shape index (κ2) is 11.6. The molecular weight excluding hydrogens is 558 g/mol. The molecule has 0 saturated heterocycles. The van der Waals surface area contributed by atoms with Crippen LogP contribution in [-0.4, -0.2) is 60.4 Å². The quantitative estimate of drug-likeness (QED) is 0.318. The van der Waals surface area contributed by atoms with Crippen molar-refractivity contribution in [1.29, 1.82) is 0 Å². The molecule has 11 nitrogen and oxygen atoms in total. The minimum Gasteiger partial charge on any atom is -0.488 e. The number of carboxylic acid groups (broad SMARTS) is 1. The molecule has 1 aromatic carbocycles. The highest BCUT2D eigenvalue weighted by Gasteiger charge is 2.37. The van der Waals surface area contributed by atoms with Crippen molar-refractivity contribution in [3.05, 3.63) is 52.1 Å². The zero-order valence-corrected chi connectivity index (χ0v) is 22.7. The summed E-state index contributed by atoms with van der Waals surface area (Å²) in [6.07, 6.45) is 1.86. The Balaban J connectivity index is 1.57. The number of anilines is 1. The Hall–Kier alpha value is -3.26. The van der Waals surface area contributed by atoms with Crippen LogP contribution in [0.4, 0.5) is 5.13 Å². The van der Waals surface area contributed by atoms with Crippen molar-refractivity contribution in [1.82, 2.24) is 9.97 Å². The Bertz CT molecular complexity index is 1440. The lowest BCUT2D eigenvalue weighted by molar-refractivity contribution is -0.136. The van der Waals surface area contributed by atoms with Gasteiger partial charge in [-0.25, -0.2) is 18.4 Å². The van der Waals surface area contributed by atoms with E-state index in [1.807, 2.05) is 0 Å². The number of ether oxygens (including phenoxy) is 3. The number of carbonyl (C=O) groups is 2. The van der Waals surface area contributed by atoms with Crippen molar-refractivity contribution in [3.8, 4) is 17.2 Å². The Kier molecular flexibility index (Phi) is 8.51. The number of rotatable bonds is 12. The van der Waals surface area contributed by atoms with Gasteiger partial charge in [-0.1, -0.05) is 22.9 Å². The first-order valence-corrected chi connectivity index (χ1v) is 14.2. The third kappa shape index (κ3) is 6.98. The molecule has 1 amide bonds. The van der Waals surface area contributed by atoms with Gasteiger partial charge in [0, 0.05) is 18.7 Å². The highest BCUT2D eigenvalue weighted by Crippen LogP contribution is 2.34. The highest BCUT2D eigenvalue weighted by atomic mass is 35.5. The Labute approximate surface area is 227 Å². The number of amides is 1. The van der Waals surface area contributed by atoms with E-state index in [0.29, 0.717) is 25.2 Å². The molecule has 0 spiro atoms. The summed E-state index contributed by atoms with van der Waals surface area (Å²) in [7, 11) is -1.90. The van der Waals surface area contributed by atoms with Crippen LogP contribution in [0.15, 0.2) is 41.6 Å². The summed E-state index contributed by atoms with van der Waals surface area (Å²) >= 11 is 6.99. The maximum Gasteiger partial charge on any atom is 0.309 e. The Morgan fingerprint density at radius 1 is 1.21 bits per heavy atom. The number of benzene rings is 1. The van der Waals surface area contributed by atoms with E-state index < -0.39 is 21.7 Å². The number of hydrogen-bond donors (Lipinski definition) is 2. The maximum atomic E-state index is 13.0. The number of halogens is 1. The average Bonchev–Trinajstić information content (AvgIpc) is 3.65. The molecule has 1 saturated carbocycles. The summed E-state index contributed by atoms with van der Waals surface area (Å²) in [5, 5.41) is 11.3. The first-order chi connectivity index (χ1) is 18.0. The lowest BCUT2D eigenvalue weighted by Crippen LogP contribution is -2.18. The summed E-state index contributed by atoms with van der Waals surface area (Å²) < 4.78 is 41.8. The van der Waals surface area contributed by atoms with Crippen LogP contribution in [0.25, 0.3) is 0 Å². The van der Waals surface area contributed by atoms with Crippen LogP contribution >= 0.6 is 22.9 Å². The number of carbonyl (C=O) groups excluding carboxylic acids is 1. The van der Waals surface area contributed by atoms with Crippen molar-refractivity contribution < 1.29 is 37.3 Å². The number of carboxylic acids is 1. The highest BCUT2D eigenvalue weighted by molar-refractivity contribution is 7.92. The number of sulfone groups is 1. The van der Waals surface area contributed by atoms with Gasteiger partial charge < -0.3 is 19.3 Å². The number of thiazole rings is 1. The van der Waals surface area contributed by atoms with Gasteiger partial charge in [-0.3, -0.25) is 14.9 Å². The fourth-order valence-corrected chi connectivity index (χ4v) is 6.01. The van der Waals surface area contributed by atoms with E-state index in [9.17, 15) is 18.0 Å². The summed E-state index contributed by atoms with van der Waals surface area (Å²) in [4.78, 5) is 32.1. The average molecular weight is 582 g/mol. The lowest BCUT2D eigenvalue weighted by Gasteiger charge is -2.16. The van der Waals surface area contributed by atoms with Crippen LogP contribution in [0.5, 0.6) is 17.2 Å². The van der Waals surface area contributed by atoms with Crippen molar-refractivity contribution in [2.24, 2.45) is 0 Å². The van der Waals surface area contributed by atoms with Crippen LogP contribution < -0.4 is 14.8 Å².